The standard InChI is InChI=1S/C15H23N3/c1-13(14-5-7-16-8-6-14)18-11-3-10-17-9-2-4-15(17)12-18/h5-8,13,15H,2-4,9-12H2,1H3. The Morgan fingerprint density at radius 3 is 2.78 bits per heavy atom. The number of hydrogen-bond acceptors (Lipinski definition) is 3. The van der Waals surface area contributed by atoms with Crippen LogP contribution in [-0.4, -0.2) is 47.0 Å². The van der Waals surface area contributed by atoms with E-state index in [-0.39, 0.29) is 0 Å². The molecular formula is C15H23N3. The summed E-state index contributed by atoms with van der Waals surface area (Å²) in [6, 6.07) is 5.63. The molecule has 0 aromatic carbocycles. The fourth-order valence-electron chi connectivity index (χ4n) is 3.44. The summed E-state index contributed by atoms with van der Waals surface area (Å²) >= 11 is 0. The zero-order chi connectivity index (χ0) is 12.4. The Balaban J connectivity index is 1.71. The van der Waals surface area contributed by atoms with Crippen molar-refractivity contribution in [2.45, 2.75) is 38.3 Å². The molecule has 0 N–H and O–H groups in total. The maximum atomic E-state index is 4.12. The molecule has 1 aromatic heterocycles. The third-order valence-electron chi connectivity index (χ3n) is 4.57. The van der Waals surface area contributed by atoms with Crippen molar-refractivity contribution in [3.63, 3.8) is 0 Å². The van der Waals surface area contributed by atoms with E-state index in [4.69, 9.17) is 0 Å². The number of nitrogens with zero attached hydrogens (tertiary/aromatic N) is 3. The number of pyridine rings is 1. The first-order valence-electron chi connectivity index (χ1n) is 7.22. The van der Waals surface area contributed by atoms with Gasteiger partial charge in [0.25, 0.3) is 0 Å². The van der Waals surface area contributed by atoms with E-state index in [9.17, 15) is 0 Å². The zero-order valence-corrected chi connectivity index (χ0v) is 11.3. The van der Waals surface area contributed by atoms with E-state index in [2.05, 4.69) is 33.8 Å². The van der Waals surface area contributed by atoms with Gasteiger partial charge in [0.05, 0.1) is 0 Å². The van der Waals surface area contributed by atoms with Crippen LogP contribution in [0.3, 0.4) is 0 Å². The van der Waals surface area contributed by atoms with Crippen LogP contribution in [0.2, 0.25) is 0 Å². The summed E-state index contributed by atoms with van der Waals surface area (Å²) in [7, 11) is 0. The molecule has 0 saturated carbocycles. The normalized spacial score (nSPS) is 27.7. The van der Waals surface area contributed by atoms with Crippen molar-refractivity contribution in [3.8, 4) is 0 Å². The molecule has 2 atom stereocenters. The highest BCUT2D eigenvalue weighted by molar-refractivity contribution is 5.14. The minimum Gasteiger partial charge on any atom is -0.299 e. The van der Waals surface area contributed by atoms with Gasteiger partial charge in [-0.15, -0.1) is 0 Å². The van der Waals surface area contributed by atoms with Gasteiger partial charge in [0.2, 0.25) is 0 Å². The van der Waals surface area contributed by atoms with E-state index in [0.717, 1.165) is 6.04 Å². The molecule has 3 heteroatoms. The molecule has 0 radical (unpaired) electrons. The van der Waals surface area contributed by atoms with Gasteiger partial charge < -0.3 is 0 Å². The second-order valence-electron chi connectivity index (χ2n) is 5.64. The molecule has 0 amide bonds. The molecule has 2 saturated heterocycles. The number of aromatic nitrogens is 1. The fourth-order valence-corrected chi connectivity index (χ4v) is 3.44. The van der Waals surface area contributed by atoms with Gasteiger partial charge >= 0.3 is 0 Å². The molecule has 2 aliphatic heterocycles. The average molecular weight is 245 g/mol. The summed E-state index contributed by atoms with van der Waals surface area (Å²) in [5.41, 5.74) is 1.40. The third-order valence-corrected chi connectivity index (χ3v) is 4.57. The van der Waals surface area contributed by atoms with Gasteiger partial charge in [-0.3, -0.25) is 14.8 Å². The van der Waals surface area contributed by atoms with Crippen LogP contribution in [0.4, 0.5) is 0 Å². The Morgan fingerprint density at radius 1 is 1.17 bits per heavy atom. The van der Waals surface area contributed by atoms with Gasteiger partial charge in [-0.2, -0.15) is 0 Å². The van der Waals surface area contributed by atoms with Crippen LogP contribution < -0.4 is 0 Å². The van der Waals surface area contributed by atoms with E-state index < -0.39 is 0 Å². The zero-order valence-electron chi connectivity index (χ0n) is 11.3. The summed E-state index contributed by atoms with van der Waals surface area (Å²) in [6.07, 6.45) is 7.91. The Labute approximate surface area is 110 Å². The van der Waals surface area contributed by atoms with Crippen molar-refractivity contribution in [1.82, 2.24) is 14.8 Å². The van der Waals surface area contributed by atoms with Crippen molar-refractivity contribution in [3.05, 3.63) is 30.1 Å². The molecule has 2 fully saturated rings. The molecule has 0 aliphatic carbocycles. The predicted octanol–water partition coefficient (Wildman–Crippen LogP) is 2.31. The van der Waals surface area contributed by atoms with E-state index in [1.165, 1.54) is 51.0 Å². The van der Waals surface area contributed by atoms with E-state index in [1.54, 1.807) is 0 Å². The lowest BCUT2D eigenvalue weighted by Gasteiger charge is -2.30. The van der Waals surface area contributed by atoms with Crippen molar-refractivity contribution in [2.75, 3.05) is 26.2 Å². The average Bonchev–Trinajstić information content (AvgIpc) is 2.76. The molecule has 3 rings (SSSR count). The number of fused-ring (bicyclic) bond motifs is 1. The lowest BCUT2D eigenvalue weighted by molar-refractivity contribution is 0.182. The molecular weight excluding hydrogens is 222 g/mol. The van der Waals surface area contributed by atoms with Crippen molar-refractivity contribution in [1.29, 1.82) is 0 Å². The van der Waals surface area contributed by atoms with E-state index >= 15 is 0 Å². The lowest BCUT2D eigenvalue weighted by atomic mass is 10.1. The Morgan fingerprint density at radius 2 is 1.94 bits per heavy atom. The molecule has 0 bridgehead atoms. The molecule has 98 valence electrons. The molecule has 18 heavy (non-hydrogen) atoms. The molecule has 3 heterocycles. The number of rotatable bonds is 2. The Bertz CT molecular complexity index is 379. The second kappa shape index (κ2) is 5.37. The van der Waals surface area contributed by atoms with Crippen molar-refractivity contribution < 1.29 is 0 Å². The van der Waals surface area contributed by atoms with Crippen LogP contribution in [-0.2, 0) is 0 Å². The molecule has 1 aromatic rings. The minimum atomic E-state index is 0.522. The fraction of sp³-hybridized carbons (Fsp3) is 0.667. The van der Waals surface area contributed by atoms with Gasteiger partial charge in [0.15, 0.2) is 0 Å². The topological polar surface area (TPSA) is 19.4 Å². The SMILES string of the molecule is CC(c1ccncc1)N1CCCN2CCCC2C1. The second-order valence-corrected chi connectivity index (χ2v) is 5.64. The largest absolute Gasteiger partial charge is 0.299 e. The summed E-state index contributed by atoms with van der Waals surface area (Å²) in [4.78, 5) is 9.47. The van der Waals surface area contributed by atoms with Crippen LogP contribution in [0, 0.1) is 0 Å². The molecule has 3 nitrogen and oxygen atoms in total. The first-order chi connectivity index (χ1) is 8.84. The van der Waals surface area contributed by atoms with Crippen molar-refractivity contribution >= 4 is 0 Å². The van der Waals surface area contributed by atoms with Gasteiger partial charge in [-0.25, -0.2) is 0 Å². The van der Waals surface area contributed by atoms with Crippen molar-refractivity contribution in [2.24, 2.45) is 0 Å². The van der Waals surface area contributed by atoms with E-state index in [0.29, 0.717) is 6.04 Å². The van der Waals surface area contributed by atoms with Gasteiger partial charge in [-0.05, 0) is 57.0 Å². The highest BCUT2D eigenvalue weighted by Crippen LogP contribution is 2.27. The maximum absolute atomic E-state index is 4.12. The first kappa shape index (κ1) is 12.1. The first-order valence-corrected chi connectivity index (χ1v) is 7.22. The highest BCUT2D eigenvalue weighted by Gasteiger charge is 2.30. The van der Waals surface area contributed by atoms with Gasteiger partial charge in [0, 0.05) is 37.6 Å². The number of hydrogen-bond donors (Lipinski definition) is 0. The summed E-state index contributed by atoms with van der Waals surface area (Å²) in [6.45, 7) is 7.42. The van der Waals surface area contributed by atoms with Gasteiger partial charge in [0.1, 0.15) is 0 Å². The summed E-state index contributed by atoms with van der Waals surface area (Å²) in [5.74, 6) is 0. The summed E-state index contributed by atoms with van der Waals surface area (Å²) in [5, 5.41) is 0. The molecule has 2 unspecified atom stereocenters. The van der Waals surface area contributed by atoms with Crippen LogP contribution >= 0.6 is 0 Å². The van der Waals surface area contributed by atoms with E-state index in [1.807, 2.05) is 12.4 Å². The van der Waals surface area contributed by atoms with Crippen LogP contribution in [0.25, 0.3) is 0 Å². The lowest BCUT2D eigenvalue weighted by Crippen LogP contribution is -2.37. The van der Waals surface area contributed by atoms with Gasteiger partial charge in [-0.1, -0.05) is 0 Å². The maximum Gasteiger partial charge on any atom is 0.0321 e. The van der Waals surface area contributed by atoms with Crippen LogP contribution in [0.5, 0.6) is 0 Å². The smallest absolute Gasteiger partial charge is 0.0321 e. The van der Waals surface area contributed by atoms with Crippen LogP contribution in [0.1, 0.15) is 37.8 Å². The highest BCUT2D eigenvalue weighted by atomic mass is 15.3. The predicted molar refractivity (Wildman–Crippen MR) is 73.4 cm³/mol. The minimum absolute atomic E-state index is 0.522. The summed E-state index contributed by atoms with van der Waals surface area (Å²) < 4.78 is 0. The molecule has 2 aliphatic rings. The Kier molecular flexibility index (Phi) is 3.62. The van der Waals surface area contributed by atoms with Crippen LogP contribution in [0.15, 0.2) is 24.5 Å². The monoisotopic (exact) mass is 245 g/mol. The molecule has 0 spiro atoms. The third kappa shape index (κ3) is 2.43. The Hall–Kier alpha value is -0.930. The quantitative estimate of drug-likeness (QED) is 0.797.